The van der Waals surface area contributed by atoms with E-state index in [9.17, 15) is 14.0 Å². The Labute approximate surface area is 223 Å². The molecule has 0 saturated heterocycles. The number of para-hydroxylation sites is 1. The molecule has 196 valence electrons. The third-order valence-corrected chi connectivity index (χ3v) is 7.43. The van der Waals surface area contributed by atoms with Gasteiger partial charge in [-0.1, -0.05) is 67.6 Å². The number of aromatic amines is 1. The van der Waals surface area contributed by atoms with Crippen LogP contribution in [0, 0.1) is 11.7 Å². The lowest BCUT2D eigenvalue weighted by atomic mass is 10.1. The lowest BCUT2D eigenvalue weighted by Crippen LogP contribution is -2.44. The van der Waals surface area contributed by atoms with Gasteiger partial charge in [-0.3, -0.25) is 9.59 Å². The smallest absolute Gasteiger partial charge is 0.242 e. The molecule has 1 aliphatic rings. The van der Waals surface area contributed by atoms with E-state index in [1.165, 1.54) is 17.7 Å². The van der Waals surface area contributed by atoms with Crippen molar-refractivity contribution in [3.05, 3.63) is 108 Å². The lowest BCUT2D eigenvalue weighted by molar-refractivity contribution is -0.141. The normalized spacial score (nSPS) is 16.4. The molecule has 0 bridgehead atoms. The summed E-state index contributed by atoms with van der Waals surface area (Å²) in [6.07, 6.45) is 4.29. The second kappa shape index (κ2) is 11.6. The predicted octanol–water partition coefficient (Wildman–Crippen LogP) is 5.92. The number of rotatable bonds is 11. The summed E-state index contributed by atoms with van der Waals surface area (Å²) in [5.41, 5.74) is 4.25. The van der Waals surface area contributed by atoms with E-state index in [1.807, 2.05) is 49.5 Å². The fraction of sp³-hybridized carbons (Fsp3) is 0.312. The molecule has 4 aromatic rings. The van der Waals surface area contributed by atoms with Crippen LogP contribution in [0.1, 0.15) is 42.4 Å². The molecule has 1 aromatic heterocycles. The summed E-state index contributed by atoms with van der Waals surface area (Å²) in [6, 6.07) is 24.5. The standard InChI is InChI=1S/C32H34FN3O2/c1-2-17-36(32(38)29-19-28(29)24-8-4-3-5-9-24)22-31(37)35(21-23-12-14-26(33)15-13-23)18-16-25-20-34-30-11-7-6-10-27(25)30/h3-15,20,28-29,34H,2,16-19,21-22H2,1H3. The zero-order chi connectivity index (χ0) is 26.5. The van der Waals surface area contributed by atoms with Gasteiger partial charge in [0.1, 0.15) is 5.82 Å². The molecule has 1 aliphatic carbocycles. The average Bonchev–Trinajstić information content (AvgIpc) is 3.65. The molecule has 0 aliphatic heterocycles. The summed E-state index contributed by atoms with van der Waals surface area (Å²) >= 11 is 0. The highest BCUT2D eigenvalue weighted by Crippen LogP contribution is 2.48. The van der Waals surface area contributed by atoms with Crippen LogP contribution in [0.5, 0.6) is 0 Å². The van der Waals surface area contributed by atoms with Crippen LogP contribution in [0.3, 0.4) is 0 Å². The zero-order valence-corrected chi connectivity index (χ0v) is 21.8. The molecule has 5 nitrogen and oxygen atoms in total. The van der Waals surface area contributed by atoms with Crippen molar-refractivity contribution in [3.63, 3.8) is 0 Å². The first kappa shape index (κ1) is 25.7. The fourth-order valence-electron chi connectivity index (χ4n) is 5.27. The summed E-state index contributed by atoms with van der Waals surface area (Å²) in [5, 5.41) is 1.14. The van der Waals surface area contributed by atoms with E-state index in [2.05, 4.69) is 23.2 Å². The number of nitrogens with one attached hydrogen (secondary N) is 1. The average molecular weight is 512 g/mol. The number of carbonyl (C=O) groups excluding carboxylic acids is 2. The summed E-state index contributed by atoms with van der Waals surface area (Å²) in [7, 11) is 0. The zero-order valence-electron chi connectivity index (χ0n) is 21.8. The van der Waals surface area contributed by atoms with Crippen molar-refractivity contribution >= 4 is 22.7 Å². The molecule has 3 aromatic carbocycles. The number of amides is 2. The van der Waals surface area contributed by atoms with Crippen LogP contribution in [-0.4, -0.2) is 46.2 Å². The van der Waals surface area contributed by atoms with Gasteiger partial charge in [-0.15, -0.1) is 0 Å². The molecule has 38 heavy (non-hydrogen) atoms. The van der Waals surface area contributed by atoms with Gasteiger partial charge in [0.25, 0.3) is 0 Å². The van der Waals surface area contributed by atoms with Crippen LogP contribution in [0.25, 0.3) is 10.9 Å². The number of benzene rings is 3. The van der Waals surface area contributed by atoms with Crippen LogP contribution >= 0.6 is 0 Å². The Kier molecular flexibility index (Phi) is 7.87. The summed E-state index contributed by atoms with van der Waals surface area (Å²) in [6.45, 7) is 3.50. The first-order chi connectivity index (χ1) is 18.5. The highest BCUT2D eigenvalue weighted by Gasteiger charge is 2.45. The second-order valence-corrected chi connectivity index (χ2v) is 10.2. The molecule has 1 N–H and O–H groups in total. The highest BCUT2D eigenvalue weighted by molar-refractivity contribution is 5.88. The molecule has 0 radical (unpaired) electrons. The number of hydrogen-bond acceptors (Lipinski definition) is 2. The summed E-state index contributed by atoms with van der Waals surface area (Å²) in [5.74, 6) is -0.160. The first-order valence-corrected chi connectivity index (χ1v) is 13.4. The molecule has 2 atom stereocenters. The first-order valence-electron chi connectivity index (χ1n) is 13.4. The van der Waals surface area contributed by atoms with Gasteiger partial charge in [-0.05, 0) is 60.1 Å². The van der Waals surface area contributed by atoms with E-state index in [0.29, 0.717) is 26.1 Å². The third-order valence-electron chi connectivity index (χ3n) is 7.43. The van der Waals surface area contributed by atoms with Crippen molar-refractivity contribution in [2.24, 2.45) is 5.92 Å². The maximum absolute atomic E-state index is 13.7. The molecule has 0 spiro atoms. The van der Waals surface area contributed by atoms with Gasteiger partial charge in [0.05, 0.1) is 6.54 Å². The molecule has 6 heteroatoms. The van der Waals surface area contributed by atoms with Gasteiger partial charge in [-0.2, -0.15) is 0 Å². The molecule has 1 fully saturated rings. The second-order valence-electron chi connectivity index (χ2n) is 10.2. The highest BCUT2D eigenvalue weighted by atomic mass is 19.1. The molecular formula is C32H34FN3O2. The number of H-pyrrole nitrogens is 1. The Morgan fingerprint density at radius 2 is 1.66 bits per heavy atom. The van der Waals surface area contributed by atoms with Crippen LogP contribution in [0.4, 0.5) is 4.39 Å². The largest absolute Gasteiger partial charge is 0.361 e. The molecule has 5 rings (SSSR count). The van der Waals surface area contributed by atoms with Gasteiger partial charge in [0.15, 0.2) is 0 Å². The van der Waals surface area contributed by atoms with Crippen molar-refractivity contribution in [2.45, 2.75) is 38.6 Å². The molecular weight excluding hydrogens is 477 g/mol. The Morgan fingerprint density at radius 1 is 0.921 bits per heavy atom. The fourth-order valence-corrected chi connectivity index (χ4v) is 5.27. The number of halogens is 1. The minimum Gasteiger partial charge on any atom is -0.361 e. The number of fused-ring (bicyclic) bond motifs is 1. The minimum atomic E-state index is -0.303. The van der Waals surface area contributed by atoms with Crippen molar-refractivity contribution in [2.75, 3.05) is 19.6 Å². The van der Waals surface area contributed by atoms with Gasteiger partial charge in [-0.25, -0.2) is 4.39 Å². The lowest BCUT2D eigenvalue weighted by Gasteiger charge is -2.28. The Morgan fingerprint density at radius 3 is 2.42 bits per heavy atom. The topological polar surface area (TPSA) is 56.4 Å². The minimum absolute atomic E-state index is 0.0553. The Bertz CT molecular complexity index is 1380. The van der Waals surface area contributed by atoms with Crippen molar-refractivity contribution < 1.29 is 14.0 Å². The molecule has 1 heterocycles. The van der Waals surface area contributed by atoms with Crippen molar-refractivity contribution in [1.29, 1.82) is 0 Å². The molecule has 1 saturated carbocycles. The van der Waals surface area contributed by atoms with E-state index < -0.39 is 0 Å². The summed E-state index contributed by atoms with van der Waals surface area (Å²) < 4.78 is 13.5. The van der Waals surface area contributed by atoms with E-state index in [-0.39, 0.29) is 36.0 Å². The van der Waals surface area contributed by atoms with Crippen molar-refractivity contribution in [3.8, 4) is 0 Å². The summed E-state index contributed by atoms with van der Waals surface area (Å²) in [4.78, 5) is 33.9. The number of hydrogen-bond donors (Lipinski definition) is 1. The number of aromatic nitrogens is 1. The number of nitrogens with zero attached hydrogens (tertiary/aromatic N) is 2. The van der Waals surface area contributed by atoms with E-state index in [4.69, 9.17) is 0 Å². The quantitative estimate of drug-likeness (QED) is 0.272. The van der Waals surface area contributed by atoms with E-state index >= 15 is 0 Å². The SMILES string of the molecule is CCCN(CC(=O)N(CCc1c[nH]c2ccccc12)Cc1ccc(F)cc1)C(=O)C1CC1c1ccccc1. The molecule has 2 unspecified atom stereocenters. The van der Waals surface area contributed by atoms with Crippen LogP contribution < -0.4 is 0 Å². The maximum Gasteiger partial charge on any atom is 0.242 e. The van der Waals surface area contributed by atoms with E-state index in [1.54, 1.807) is 21.9 Å². The Hall–Kier alpha value is -3.93. The van der Waals surface area contributed by atoms with Gasteiger partial charge >= 0.3 is 0 Å². The monoisotopic (exact) mass is 511 g/mol. The predicted molar refractivity (Wildman–Crippen MR) is 148 cm³/mol. The van der Waals surface area contributed by atoms with Gasteiger partial charge in [0, 0.05) is 42.7 Å². The van der Waals surface area contributed by atoms with E-state index in [0.717, 1.165) is 34.9 Å². The van der Waals surface area contributed by atoms with Crippen LogP contribution in [0.15, 0.2) is 85.1 Å². The van der Waals surface area contributed by atoms with Gasteiger partial charge in [0.2, 0.25) is 11.8 Å². The third kappa shape index (κ3) is 5.96. The van der Waals surface area contributed by atoms with Crippen molar-refractivity contribution in [1.82, 2.24) is 14.8 Å². The Balaban J connectivity index is 1.30. The van der Waals surface area contributed by atoms with Gasteiger partial charge < -0.3 is 14.8 Å². The number of carbonyl (C=O) groups is 2. The molecule has 2 amide bonds. The maximum atomic E-state index is 13.7. The van der Waals surface area contributed by atoms with Crippen LogP contribution in [-0.2, 0) is 22.6 Å². The van der Waals surface area contributed by atoms with Crippen LogP contribution in [0.2, 0.25) is 0 Å².